The van der Waals surface area contributed by atoms with Crippen LogP contribution in [0.1, 0.15) is 414 Å². The normalized spacial score (nSPS) is 14.2. The zero-order valence-corrected chi connectivity index (χ0v) is 65.9. The van der Waals surface area contributed by atoms with Gasteiger partial charge in [0.2, 0.25) is 0 Å². The molecule has 0 saturated heterocycles. The molecule has 19 heteroatoms. The number of phosphoric acid groups is 2. The Morgan fingerprint density at radius 2 is 0.520 bits per heavy atom. The van der Waals surface area contributed by atoms with Crippen molar-refractivity contribution in [2.24, 2.45) is 11.8 Å². The molecule has 6 atom stereocenters. The molecule has 0 aliphatic carbocycles. The lowest BCUT2D eigenvalue weighted by molar-refractivity contribution is -0.161. The van der Waals surface area contributed by atoms with E-state index in [-0.39, 0.29) is 25.7 Å². The molecule has 98 heavy (non-hydrogen) atoms. The van der Waals surface area contributed by atoms with Crippen molar-refractivity contribution in [2.75, 3.05) is 39.6 Å². The number of esters is 4. The van der Waals surface area contributed by atoms with Gasteiger partial charge in [0.15, 0.2) is 12.2 Å². The predicted octanol–water partition coefficient (Wildman–Crippen LogP) is 23.5. The summed E-state index contributed by atoms with van der Waals surface area (Å²) in [5.41, 5.74) is 0. The highest BCUT2D eigenvalue weighted by molar-refractivity contribution is 7.47. The maximum Gasteiger partial charge on any atom is 0.472 e. The van der Waals surface area contributed by atoms with Crippen molar-refractivity contribution in [1.82, 2.24) is 0 Å². The molecule has 0 heterocycles. The third-order valence-electron chi connectivity index (χ3n) is 18.8. The summed E-state index contributed by atoms with van der Waals surface area (Å²) in [4.78, 5) is 72.8. The highest BCUT2D eigenvalue weighted by Crippen LogP contribution is 2.45. The largest absolute Gasteiger partial charge is 0.472 e. The zero-order chi connectivity index (χ0) is 72.1. The van der Waals surface area contributed by atoms with Gasteiger partial charge in [-0.2, -0.15) is 0 Å². The van der Waals surface area contributed by atoms with E-state index >= 15 is 0 Å². The fraction of sp³-hybridized carbons (Fsp3) is 0.949. The second kappa shape index (κ2) is 70.7. The molecule has 3 unspecified atom stereocenters. The van der Waals surface area contributed by atoms with Crippen LogP contribution in [0.2, 0.25) is 0 Å². The molecule has 0 amide bonds. The van der Waals surface area contributed by atoms with E-state index in [4.69, 9.17) is 37.0 Å². The van der Waals surface area contributed by atoms with E-state index in [1.807, 2.05) is 0 Å². The van der Waals surface area contributed by atoms with Crippen LogP contribution in [-0.2, 0) is 65.4 Å². The zero-order valence-electron chi connectivity index (χ0n) is 64.1. The Morgan fingerprint density at radius 1 is 0.296 bits per heavy atom. The molecule has 0 fully saturated rings. The average molecular weight is 1440 g/mol. The number of aliphatic hydroxyl groups is 1. The van der Waals surface area contributed by atoms with E-state index in [0.29, 0.717) is 25.7 Å². The number of carbonyl (C=O) groups is 4. The first kappa shape index (κ1) is 96.1. The van der Waals surface area contributed by atoms with E-state index in [2.05, 4.69) is 41.5 Å². The van der Waals surface area contributed by atoms with E-state index < -0.39 is 97.5 Å². The van der Waals surface area contributed by atoms with Gasteiger partial charge in [-0.15, -0.1) is 0 Å². The standard InChI is InChI=1S/C79H154O17P2/c1-7-10-12-14-16-18-19-20-25-29-32-38-44-50-56-62-77(82)90-68-75(95-78(83)63-57-51-45-39-33-30-27-24-22-21-23-26-28-31-37-42-48-54-60-72(6)9-3)70-94-98(87,88)92-66-73(80)65-91-97(85,86)93-69-74(67-89-76(81)61-55-49-43-35-17-15-13-11-8-2)96-79(84)64-58-52-46-40-34-36-41-47-53-59-71(4)5/h71-75,80H,7-70H2,1-6H3,(H,85,86)(H,87,88)/t72?,73-,74+,75+/m0/s1. The van der Waals surface area contributed by atoms with E-state index in [1.165, 1.54) is 231 Å². The van der Waals surface area contributed by atoms with Gasteiger partial charge in [-0.05, 0) is 37.5 Å². The van der Waals surface area contributed by atoms with Gasteiger partial charge in [-0.3, -0.25) is 37.3 Å². The van der Waals surface area contributed by atoms with Crippen LogP contribution in [-0.4, -0.2) is 96.7 Å². The first-order chi connectivity index (χ1) is 47.4. The van der Waals surface area contributed by atoms with Crippen molar-refractivity contribution >= 4 is 39.5 Å². The number of aliphatic hydroxyl groups excluding tert-OH is 1. The van der Waals surface area contributed by atoms with Gasteiger partial charge in [0.1, 0.15) is 19.3 Å². The quantitative estimate of drug-likeness (QED) is 0.0222. The smallest absolute Gasteiger partial charge is 0.462 e. The number of ether oxygens (including phenoxy) is 4. The van der Waals surface area contributed by atoms with Crippen LogP contribution < -0.4 is 0 Å². The second-order valence-corrected chi connectivity index (χ2v) is 32.1. The Morgan fingerprint density at radius 3 is 0.776 bits per heavy atom. The van der Waals surface area contributed by atoms with Crippen molar-refractivity contribution in [3.8, 4) is 0 Å². The number of rotatable bonds is 78. The van der Waals surface area contributed by atoms with Crippen molar-refractivity contribution in [2.45, 2.75) is 432 Å². The molecule has 0 aliphatic rings. The third kappa shape index (κ3) is 71.1. The fourth-order valence-electron chi connectivity index (χ4n) is 12.2. The molecule has 3 N–H and O–H groups in total. The van der Waals surface area contributed by atoms with Crippen molar-refractivity contribution < 1.29 is 80.2 Å². The van der Waals surface area contributed by atoms with Crippen molar-refractivity contribution in [1.29, 1.82) is 0 Å². The molecule has 17 nitrogen and oxygen atoms in total. The number of hydrogen-bond acceptors (Lipinski definition) is 15. The monoisotopic (exact) mass is 1440 g/mol. The molecule has 0 aromatic carbocycles. The van der Waals surface area contributed by atoms with E-state index in [0.717, 1.165) is 102 Å². The maximum absolute atomic E-state index is 13.1. The summed E-state index contributed by atoms with van der Waals surface area (Å²) in [6.07, 6.45) is 59.7. The summed E-state index contributed by atoms with van der Waals surface area (Å²) in [7, 11) is -9.91. The van der Waals surface area contributed by atoms with Gasteiger partial charge in [0.05, 0.1) is 26.4 Å². The maximum atomic E-state index is 13.1. The summed E-state index contributed by atoms with van der Waals surface area (Å²) < 4.78 is 68.6. The minimum atomic E-state index is -4.96. The molecule has 0 aliphatic heterocycles. The Labute approximate surface area is 600 Å². The van der Waals surface area contributed by atoms with Crippen LogP contribution in [0, 0.1) is 11.8 Å². The van der Waals surface area contributed by atoms with Gasteiger partial charge >= 0.3 is 39.5 Å². The van der Waals surface area contributed by atoms with Crippen LogP contribution in [0.4, 0.5) is 0 Å². The summed E-state index contributed by atoms with van der Waals surface area (Å²) in [5, 5.41) is 10.6. The molecule has 0 spiro atoms. The third-order valence-corrected chi connectivity index (χ3v) is 20.7. The predicted molar refractivity (Wildman–Crippen MR) is 400 cm³/mol. The van der Waals surface area contributed by atoms with Crippen LogP contribution in [0.5, 0.6) is 0 Å². The first-order valence-electron chi connectivity index (χ1n) is 41.0. The minimum absolute atomic E-state index is 0.106. The Kier molecular flexibility index (Phi) is 69.3. The van der Waals surface area contributed by atoms with Crippen LogP contribution in [0.25, 0.3) is 0 Å². The average Bonchev–Trinajstić information content (AvgIpc) is 0.987. The summed E-state index contributed by atoms with van der Waals surface area (Å²) in [6.45, 7) is 9.64. The van der Waals surface area contributed by atoms with Gasteiger partial charge in [-0.1, -0.05) is 363 Å². The lowest BCUT2D eigenvalue weighted by atomic mass is 9.99. The summed E-state index contributed by atoms with van der Waals surface area (Å²) in [6, 6.07) is 0. The van der Waals surface area contributed by atoms with Crippen LogP contribution in [0.15, 0.2) is 0 Å². The lowest BCUT2D eigenvalue weighted by Crippen LogP contribution is -2.30. The SMILES string of the molecule is CCCCCCCCCCCCCCCCCC(=O)OC[C@H](COP(=O)(O)OC[C@@H](O)COP(=O)(O)OC[C@@H](COC(=O)CCCCCCCCCCC)OC(=O)CCCCCCCCCCCC(C)C)OC(=O)CCCCCCCCCCCCCCCCCCCCC(C)CC. The van der Waals surface area contributed by atoms with Gasteiger partial charge in [0.25, 0.3) is 0 Å². The second-order valence-electron chi connectivity index (χ2n) is 29.2. The molecular weight excluding hydrogens is 1280 g/mol. The van der Waals surface area contributed by atoms with E-state index in [1.54, 1.807) is 0 Å². The van der Waals surface area contributed by atoms with Crippen molar-refractivity contribution in [3.05, 3.63) is 0 Å². The van der Waals surface area contributed by atoms with E-state index in [9.17, 15) is 43.2 Å². The van der Waals surface area contributed by atoms with Gasteiger partial charge in [-0.25, -0.2) is 9.13 Å². The summed E-state index contributed by atoms with van der Waals surface area (Å²) >= 11 is 0. The Bertz CT molecular complexity index is 1890. The highest BCUT2D eigenvalue weighted by atomic mass is 31.2. The number of carbonyl (C=O) groups excluding carboxylic acids is 4. The topological polar surface area (TPSA) is 237 Å². The molecule has 0 aromatic rings. The van der Waals surface area contributed by atoms with Crippen molar-refractivity contribution in [3.63, 3.8) is 0 Å². The fourth-order valence-corrected chi connectivity index (χ4v) is 13.7. The van der Waals surface area contributed by atoms with Gasteiger partial charge < -0.3 is 33.8 Å². The Balaban J connectivity index is 5.19. The van der Waals surface area contributed by atoms with Crippen LogP contribution >= 0.6 is 15.6 Å². The number of hydrogen-bond donors (Lipinski definition) is 3. The van der Waals surface area contributed by atoms with Gasteiger partial charge in [0, 0.05) is 25.7 Å². The van der Waals surface area contributed by atoms with Crippen LogP contribution in [0.3, 0.4) is 0 Å². The first-order valence-corrected chi connectivity index (χ1v) is 44.0. The highest BCUT2D eigenvalue weighted by Gasteiger charge is 2.30. The number of unbranched alkanes of at least 4 members (excludes halogenated alkanes) is 47. The molecule has 0 saturated carbocycles. The molecule has 0 aromatic heterocycles. The molecular formula is C79H154O17P2. The molecule has 0 rings (SSSR count). The molecule has 582 valence electrons. The molecule has 0 bridgehead atoms. The lowest BCUT2D eigenvalue weighted by Gasteiger charge is -2.21. The number of phosphoric ester groups is 2. The molecule has 0 radical (unpaired) electrons. The Hall–Kier alpha value is -1.94. The minimum Gasteiger partial charge on any atom is -0.462 e. The summed E-state index contributed by atoms with van der Waals surface area (Å²) in [5.74, 6) is -0.505.